The molecule has 1 aromatic carbocycles. The van der Waals surface area contributed by atoms with Crippen LogP contribution in [0.15, 0.2) is 64.5 Å². The Morgan fingerprint density at radius 3 is 2.87 bits per heavy atom. The molecule has 0 unspecified atom stereocenters. The van der Waals surface area contributed by atoms with Gasteiger partial charge in [-0.1, -0.05) is 35.5 Å². The van der Waals surface area contributed by atoms with Gasteiger partial charge in [-0.2, -0.15) is 0 Å². The molecule has 3 rings (SSSR count). The SMILES string of the molecule is O=C(CSc1nccc(-c2ccco2)n1)Nc1ccccc1Cl. The van der Waals surface area contributed by atoms with Gasteiger partial charge < -0.3 is 9.73 Å². The number of benzene rings is 1. The first-order valence-corrected chi connectivity index (χ1v) is 8.13. The van der Waals surface area contributed by atoms with Gasteiger partial charge in [0.1, 0.15) is 5.69 Å². The molecule has 5 nitrogen and oxygen atoms in total. The van der Waals surface area contributed by atoms with E-state index in [-0.39, 0.29) is 11.7 Å². The molecule has 0 bridgehead atoms. The van der Waals surface area contributed by atoms with Crippen molar-refractivity contribution in [1.29, 1.82) is 0 Å². The number of anilines is 1. The second-order valence-corrected chi connectivity index (χ2v) is 5.87. The summed E-state index contributed by atoms with van der Waals surface area (Å²) in [5.41, 5.74) is 1.27. The summed E-state index contributed by atoms with van der Waals surface area (Å²) in [5.74, 6) is 0.678. The van der Waals surface area contributed by atoms with E-state index < -0.39 is 0 Å². The molecule has 2 aromatic heterocycles. The van der Waals surface area contributed by atoms with Crippen molar-refractivity contribution in [3.05, 3.63) is 59.9 Å². The maximum Gasteiger partial charge on any atom is 0.234 e. The van der Waals surface area contributed by atoms with Crippen molar-refractivity contribution in [2.24, 2.45) is 0 Å². The van der Waals surface area contributed by atoms with E-state index in [1.165, 1.54) is 11.8 Å². The number of carbonyl (C=O) groups excluding carboxylic acids is 1. The number of nitrogens with zero attached hydrogens (tertiary/aromatic N) is 2. The zero-order valence-electron chi connectivity index (χ0n) is 11.9. The zero-order chi connectivity index (χ0) is 16.1. The highest BCUT2D eigenvalue weighted by molar-refractivity contribution is 7.99. The lowest BCUT2D eigenvalue weighted by molar-refractivity contribution is -0.113. The van der Waals surface area contributed by atoms with Crippen LogP contribution in [0, 0.1) is 0 Å². The molecule has 0 spiro atoms. The quantitative estimate of drug-likeness (QED) is 0.556. The smallest absolute Gasteiger partial charge is 0.234 e. The van der Waals surface area contributed by atoms with Gasteiger partial charge in [0.2, 0.25) is 5.91 Å². The number of furan rings is 1. The molecule has 116 valence electrons. The highest BCUT2D eigenvalue weighted by atomic mass is 35.5. The number of hydrogen-bond donors (Lipinski definition) is 1. The summed E-state index contributed by atoms with van der Waals surface area (Å²) in [5, 5.41) is 3.77. The van der Waals surface area contributed by atoms with E-state index in [1.807, 2.05) is 12.1 Å². The minimum absolute atomic E-state index is 0.171. The molecule has 0 saturated heterocycles. The zero-order valence-corrected chi connectivity index (χ0v) is 13.5. The lowest BCUT2D eigenvalue weighted by Gasteiger charge is -2.06. The minimum Gasteiger partial charge on any atom is -0.463 e. The van der Waals surface area contributed by atoms with Crippen LogP contribution < -0.4 is 5.32 Å². The summed E-state index contributed by atoms with van der Waals surface area (Å²) < 4.78 is 5.30. The van der Waals surface area contributed by atoms with E-state index in [2.05, 4.69) is 15.3 Å². The molecule has 0 radical (unpaired) electrons. The fourth-order valence-electron chi connectivity index (χ4n) is 1.85. The third kappa shape index (κ3) is 4.12. The number of halogens is 1. The van der Waals surface area contributed by atoms with Gasteiger partial charge in [-0.3, -0.25) is 4.79 Å². The van der Waals surface area contributed by atoms with Gasteiger partial charge in [0.05, 0.1) is 22.7 Å². The van der Waals surface area contributed by atoms with Gasteiger partial charge in [0.25, 0.3) is 0 Å². The first-order chi connectivity index (χ1) is 11.2. The van der Waals surface area contributed by atoms with Crippen molar-refractivity contribution >= 4 is 35.0 Å². The van der Waals surface area contributed by atoms with E-state index in [1.54, 1.807) is 42.8 Å². The second-order valence-electron chi connectivity index (χ2n) is 4.52. The molecule has 23 heavy (non-hydrogen) atoms. The standard InChI is InChI=1S/C16H12ClN3O2S/c17-11-4-1-2-5-12(11)19-15(21)10-23-16-18-8-7-13(20-16)14-6-3-9-22-14/h1-9H,10H2,(H,19,21). The van der Waals surface area contributed by atoms with Gasteiger partial charge in [0.15, 0.2) is 10.9 Å². The Kier molecular flexibility index (Phi) is 4.95. The summed E-state index contributed by atoms with van der Waals surface area (Å²) in [6.07, 6.45) is 3.22. The van der Waals surface area contributed by atoms with E-state index in [9.17, 15) is 4.79 Å². The van der Waals surface area contributed by atoms with Crippen molar-refractivity contribution in [1.82, 2.24) is 9.97 Å². The van der Waals surface area contributed by atoms with Gasteiger partial charge in [-0.15, -0.1) is 0 Å². The molecule has 0 saturated carbocycles. The maximum absolute atomic E-state index is 12.0. The van der Waals surface area contributed by atoms with E-state index >= 15 is 0 Å². The van der Waals surface area contributed by atoms with Crippen LogP contribution >= 0.6 is 23.4 Å². The van der Waals surface area contributed by atoms with Crippen molar-refractivity contribution in [3.63, 3.8) is 0 Å². The van der Waals surface area contributed by atoms with Crippen LogP contribution in [0.5, 0.6) is 0 Å². The van der Waals surface area contributed by atoms with Crippen LogP contribution in [0.3, 0.4) is 0 Å². The van der Waals surface area contributed by atoms with E-state index in [0.29, 0.717) is 27.3 Å². The van der Waals surface area contributed by atoms with E-state index in [4.69, 9.17) is 16.0 Å². The number of rotatable bonds is 5. The normalized spacial score (nSPS) is 10.5. The molecule has 3 aromatic rings. The molecule has 0 aliphatic carbocycles. The molecule has 0 aliphatic heterocycles. The van der Waals surface area contributed by atoms with Crippen LogP contribution in [0.4, 0.5) is 5.69 Å². The molecule has 7 heteroatoms. The third-order valence-corrected chi connectivity index (χ3v) is 4.08. The predicted molar refractivity (Wildman–Crippen MR) is 90.5 cm³/mol. The molecule has 1 amide bonds. The fraction of sp³-hybridized carbons (Fsp3) is 0.0625. The van der Waals surface area contributed by atoms with Crippen molar-refractivity contribution < 1.29 is 9.21 Å². The van der Waals surface area contributed by atoms with Crippen LogP contribution in [0.1, 0.15) is 0 Å². The Morgan fingerprint density at radius 1 is 1.22 bits per heavy atom. The van der Waals surface area contributed by atoms with Crippen molar-refractivity contribution in [2.45, 2.75) is 5.16 Å². The predicted octanol–water partition coefficient (Wildman–Crippen LogP) is 4.12. The van der Waals surface area contributed by atoms with Crippen molar-refractivity contribution in [2.75, 3.05) is 11.1 Å². The average Bonchev–Trinajstić information content (AvgIpc) is 3.10. The Morgan fingerprint density at radius 2 is 2.09 bits per heavy atom. The Labute approximate surface area is 142 Å². The molecular weight excluding hydrogens is 334 g/mol. The first-order valence-electron chi connectivity index (χ1n) is 6.76. The van der Waals surface area contributed by atoms with Crippen LogP contribution in [-0.4, -0.2) is 21.6 Å². The topological polar surface area (TPSA) is 68.0 Å². The van der Waals surface area contributed by atoms with Crippen LogP contribution in [0.25, 0.3) is 11.5 Å². The Hall–Kier alpha value is -2.31. The lowest BCUT2D eigenvalue weighted by Crippen LogP contribution is -2.14. The van der Waals surface area contributed by atoms with Gasteiger partial charge in [-0.05, 0) is 30.3 Å². The first kappa shape index (κ1) is 15.6. The maximum atomic E-state index is 12.0. The highest BCUT2D eigenvalue weighted by Crippen LogP contribution is 2.22. The monoisotopic (exact) mass is 345 g/mol. The van der Waals surface area contributed by atoms with Gasteiger partial charge in [-0.25, -0.2) is 9.97 Å². The summed E-state index contributed by atoms with van der Waals surface area (Å²) in [4.78, 5) is 20.5. The molecule has 0 atom stereocenters. The van der Waals surface area contributed by atoms with Gasteiger partial charge in [0, 0.05) is 6.20 Å². The number of carbonyl (C=O) groups is 1. The number of nitrogens with one attached hydrogen (secondary N) is 1. The summed E-state index contributed by atoms with van der Waals surface area (Å²) >= 11 is 7.25. The summed E-state index contributed by atoms with van der Waals surface area (Å²) in [7, 11) is 0. The lowest BCUT2D eigenvalue weighted by atomic mass is 10.3. The minimum atomic E-state index is -0.171. The molecule has 0 aliphatic rings. The highest BCUT2D eigenvalue weighted by Gasteiger charge is 2.09. The number of thioether (sulfide) groups is 1. The largest absolute Gasteiger partial charge is 0.463 e. The summed E-state index contributed by atoms with van der Waals surface area (Å²) in [6.45, 7) is 0. The van der Waals surface area contributed by atoms with Gasteiger partial charge >= 0.3 is 0 Å². The molecule has 2 heterocycles. The number of hydrogen-bond acceptors (Lipinski definition) is 5. The molecule has 1 N–H and O–H groups in total. The second kappa shape index (κ2) is 7.30. The Bertz CT molecular complexity index is 809. The van der Waals surface area contributed by atoms with Crippen LogP contribution in [0.2, 0.25) is 5.02 Å². The fourth-order valence-corrected chi connectivity index (χ4v) is 2.66. The van der Waals surface area contributed by atoms with Crippen molar-refractivity contribution in [3.8, 4) is 11.5 Å². The number of aromatic nitrogens is 2. The Balaban J connectivity index is 1.61. The molecule has 0 fully saturated rings. The van der Waals surface area contributed by atoms with Crippen LogP contribution in [-0.2, 0) is 4.79 Å². The summed E-state index contributed by atoms with van der Waals surface area (Å²) in [6, 6.07) is 12.5. The number of para-hydroxylation sites is 1. The number of amides is 1. The molecular formula is C16H12ClN3O2S. The average molecular weight is 346 g/mol. The third-order valence-electron chi connectivity index (χ3n) is 2.89. The van der Waals surface area contributed by atoms with E-state index in [0.717, 1.165) is 0 Å².